The Bertz CT molecular complexity index is 915. The van der Waals surface area contributed by atoms with Gasteiger partial charge in [-0.25, -0.2) is 4.98 Å². The summed E-state index contributed by atoms with van der Waals surface area (Å²) >= 11 is 0. The van der Waals surface area contributed by atoms with Gasteiger partial charge in [0, 0.05) is 31.1 Å². The predicted octanol–water partition coefficient (Wildman–Crippen LogP) is 5.42. The van der Waals surface area contributed by atoms with Gasteiger partial charge in [-0.1, -0.05) is 0 Å². The van der Waals surface area contributed by atoms with E-state index in [2.05, 4.69) is 4.98 Å². The number of hydrogen-bond donors (Lipinski definition) is 0. The van der Waals surface area contributed by atoms with Crippen LogP contribution >= 0.6 is 0 Å². The van der Waals surface area contributed by atoms with E-state index in [0.717, 1.165) is 37.2 Å². The molecule has 3 atom stereocenters. The number of rotatable bonds is 4. The van der Waals surface area contributed by atoms with Crippen molar-refractivity contribution < 1.29 is 35.8 Å². The number of anilines is 1. The largest absolute Gasteiger partial charge is 0.493 e. The second-order valence-electron chi connectivity index (χ2n) is 7.85. The van der Waals surface area contributed by atoms with E-state index in [1.54, 1.807) is 0 Å². The van der Waals surface area contributed by atoms with E-state index in [0.29, 0.717) is 18.9 Å². The standard InChI is InChI=1S/C21H20F6N2O2/c1-30-17-8-14(20(22,23)24)4-6-16(17)31-19-12-2-3-13(19)11-29(10-12)18-7-5-15(9-28-18)21(25,26)27/h4-9,12-13,19H,2-3,10-11H2,1H3/t12-,13+,19-. The summed E-state index contributed by atoms with van der Waals surface area (Å²) in [5.41, 5.74) is -1.62. The van der Waals surface area contributed by atoms with Crippen LogP contribution in [0.15, 0.2) is 36.5 Å². The number of benzene rings is 1. The summed E-state index contributed by atoms with van der Waals surface area (Å²) in [6, 6.07) is 5.52. The van der Waals surface area contributed by atoms with Gasteiger partial charge < -0.3 is 14.4 Å². The number of pyridine rings is 1. The monoisotopic (exact) mass is 446 g/mol. The van der Waals surface area contributed by atoms with Crippen LogP contribution in [0.2, 0.25) is 0 Å². The van der Waals surface area contributed by atoms with E-state index in [9.17, 15) is 26.3 Å². The quantitative estimate of drug-likeness (QED) is 0.588. The molecule has 31 heavy (non-hydrogen) atoms. The molecule has 2 aromatic rings. The third-order valence-corrected chi connectivity index (χ3v) is 5.90. The molecule has 2 bridgehead atoms. The lowest BCUT2D eigenvalue weighted by molar-refractivity contribution is -0.138. The van der Waals surface area contributed by atoms with Gasteiger partial charge in [0.25, 0.3) is 0 Å². The molecular formula is C21H20F6N2O2. The number of hydrogen-bond acceptors (Lipinski definition) is 4. The fourth-order valence-corrected chi connectivity index (χ4v) is 4.38. The van der Waals surface area contributed by atoms with Crippen LogP contribution in [0.25, 0.3) is 0 Å². The van der Waals surface area contributed by atoms with Crippen molar-refractivity contribution in [1.29, 1.82) is 0 Å². The van der Waals surface area contributed by atoms with E-state index in [4.69, 9.17) is 9.47 Å². The van der Waals surface area contributed by atoms with Crippen LogP contribution in [-0.4, -0.2) is 31.3 Å². The average molecular weight is 446 g/mol. The molecule has 2 fully saturated rings. The van der Waals surface area contributed by atoms with E-state index < -0.39 is 23.5 Å². The van der Waals surface area contributed by atoms with Gasteiger partial charge in [-0.2, -0.15) is 26.3 Å². The SMILES string of the molecule is COc1cc(C(F)(F)F)ccc1O[C@@H]1[C@@H]2CC[C@H]1CN(c1ccc(C(F)(F)F)cn1)C2. The van der Waals surface area contributed by atoms with E-state index in [1.165, 1.54) is 19.2 Å². The maximum atomic E-state index is 13.0. The molecule has 1 aromatic heterocycles. The Kier molecular flexibility index (Phi) is 5.43. The molecule has 0 spiro atoms. The normalized spacial score (nSPS) is 23.7. The van der Waals surface area contributed by atoms with E-state index >= 15 is 0 Å². The summed E-state index contributed by atoms with van der Waals surface area (Å²) < 4.78 is 88.3. The molecule has 0 unspecified atom stereocenters. The molecule has 1 aliphatic heterocycles. The minimum atomic E-state index is -4.48. The molecule has 2 heterocycles. The van der Waals surface area contributed by atoms with Crippen molar-refractivity contribution in [2.24, 2.45) is 11.8 Å². The minimum Gasteiger partial charge on any atom is -0.493 e. The zero-order valence-electron chi connectivity index (χ0n) is 16.5. The fourth-order valence-electron chi connectivity index (χ4n) is 4.38. The first-order valence-corrected chi connectivity index (χ1v) is 9.76. The first kappa shape index (κ1) is 21.6. The molecular weight excluding hydrogens is 426 g/mol. The number of piperidine rings is 1. The highest BCUT2D eigenvalue weighted by Gasteiger charge is 2.44. The lowest BCUT2D eigenvalue weighted by atomic mass is 9.94. The lowest BCUT2D eigenvalue weighted by Crippen LogP contribution is -2.47. The van der Waals surface area contributed by atoms with Crippen molar-refractivity contribution >= 4 is 5.82 Å². The number of aromatic nitrogens is 1. The Balaban J connectivity index is 1.48. The molecule has 0 radical (unpaired) electrons. The summed E-state index contributed by atoms with van der Waals surface area (Å²) in [5, 5.41) is 0. The summed E-state index contributed by atoms with van der Waals surface area (Å²) in [6.45, 7) is 1.09. The number of nitrogens with zero attached hydrogens (tertiary/aromatic N) is 2. The van der Waals surface area contributed by atoms with Gasteiger partial charge in [0.05, 0.1) is 18.2 Å². The third kappa shape index (κ3) is 4.38. The zero-order chi connectivity index (χ0) is 22.4. The van der Waals surface area contributed by atoms with Gasteiger partial charge in [-0.3, -0.25) is 0 Å². The molecule has 10 heteroatoms. The van der Waals surface area contributed by atoms with Gasteiger partial charge in [-0.05, 0) is 43.2 Å². The summed E-state index contributed by atoms with van der Waals surface area (Å²) in [6.07, 6.45) is -6.59. The fraction of sp³-hybridized carbons (Fsp3) is 0.476. The summed E-state index contributed by atoms with van der Waals surface area (Å²) in [7, 11) is 1.29. The molecule has 1 aromatic carbocycles. The van der Waals surface area contributed by atoms with Crippen LogP contribution < -0.4 is 14.4 Å². The lowest BCUT2D eigenvalue weighted by Gasteiger charge is -2.38. The van der Waals surface area contributed by atoms with Crippen molar-refractivity contribution in [3.63, 3.8) is 0 Å². The van der Waals surface area contributed by atoms with Gasteiger partial charge in [0.1, 0.15) is 11.9 Å². The van der Waals surface area contributed by atoms with Crippen LogP contribution in [0.1, 0.15) is 24.0 Å². The second-order valence-corrected chi connectivity index (χ2v) is 7.85. The van der Waals surface area contributed by atoms with Gasteiger partial charge in [-0.15, -0.1) is 0 Å². The number of ether oxygens (including phenoxy) is 2. The van der Waals surface area contributed by atoms with Crippen molar-refractivity contribution in [2.75, 3.05) is 25.1 Å². The molecule has 168 valence electrons. The summed E-state index contributed by atoms with van der Waals surface area (Å²) in [5.74, 6) is 0.889. The van der Waals surface area contributed by atoms with E-state index in [1.807, 2.05) is 4.90 Å². The Labute approximate surface area is 174 Å². The smallest absolute Gasteiger partial charge is 0.417 e. The maximum Gasteiger partial charge on any atom is 0.417 e. The number of fused-ring (bicyclic) bond motifs is 2. The van der Waals surface area contributed by atoms with Crippen LogP contribution in [0, 0.1) is 11.8 Å². The third-order valence-electron chi connectivity index (χ3n) is 5.90. The Hall–Kier alpha value is -2.65. The Morgan fingerprint density at radius 2 is 1.48 bits per heavy atom. The first-order chi connectivity index (χ1) is 14.6. The maximum absolute atomic E-state index is 13.0. The molecule has 4 rings (SSSR count). The second kappa shape index (κ2) is 7.80. The molecule has 1 saturated carbocycles. The molecule has 1 aliphatic carbocycles. The highest BCUT2D eigenvalue weighted by Crippen LogP contribution is 2.43. The van der Waals surface area contributed by atoms with Crippen molar-refractivity contribution in [2.45, 2.75) is 31.3 Å². The van der Waals surface area contributed by atoms with Crippen molar-refractivity contribution in [1.82, 2.24) is 4.98 Å². The first-order valence-electron chi connectivity index (χ1n) is 9.76. The van der Waals surface area contributed by atoms with E-state index in [-0.39, 0.29) is 29.4 Å². The molecule has 2 aliphatic rings. The highest BCUT2D eigenvalue weighted by atomic mass is 19.4. The predicted molar refractivity (Wildman–Crippen MR) is 100 cm³/mol. The zero-order valence-corrected chi connectivity index (χ0v) is 16.5. The minimum absolute atomic E-state index is 0.0149. The van der Waals surface area contributed by atoms with Gasteiger partial charge in [0.2, 0.25) is 0 Å². The van der Waals surface area contributed by atoms with Crippen LogP contribution in [0.5, 0.6) is 11.5 Å². The van der Waals surface area contributed by atoms with Crippen molar-refractivity contribution in [3.05, 3.63) is 47.7 Å². The topological polar surface area (TPSA) is 34.6 Å². The van der Waals surface area contributed by atoms with Crippen LogP contribution in [-0.2, 0) is 12.4 Å². The molecule has 0 N–H and O–H groups in total. The Morgan fingerprint density at radius 3 is 2.00 bits per heavy atom. The average Bonchev–Trinajstić information content (AvgIpc) is 2.94. The number of halogens is 6. The Morgan fingerprint density at radius 1 is 0.871 bits per heavy atom. The number of alkyl halides is 6. The molecule has 0 amide bonds. The van der Waals surface area contributed by atoms with Crippen LogP contribution in [0.4, 0.5) is 32.2 Å². The summed E-state index contributed by atoms with van der Waals surface area (Å²) in [4.78, 5) is 5.91. The van der Waals surface area contributed by atoms with Gasteiger partial charge in [0.15, 0.2) is 11.5 Å². The highest BCUT2D eigenvalue weighted by molar-refractivity contribution is 5.45. The number of methoxy groups -OCH3 is 1. The van der Waals surface area contributed by atoms with Gasteiger partial charge >= 0.3 is 12.4 Å². The van der Waals surface area contributed by atoms with Crippen LogP contribution in [0.3, 0.4) is 0 Å². The van der Waals surface area contributed by atoms with Crippen molar-refractivity contribution in [3.8, 4) is 11.5 Å². The molecule has 4 nitrogen and oxygen atoms in total. The molecule has 1 saturated heterocycles.